The molecule has 1 N–H and O–H groups in total. The van der Waals surface area contributed by atoms with Crippen molar-refractivity contribution in [3.05, 3.63) is 16.1 Å². The lowest BCUT2D eigenvalue weighted by molar-refractivity contribution is 0.0783. The molecule has 0 aliphatic carbocycles. The third-order valence-electron chi connectivity index (χ3n) is 1.21. The van der Waals surface area contributed by atoms with Crippen LogP contribution in [-0.4, -0.2) is 10.1 Å². The van der Waals surface area contributed by atoms with Crippen molar-refractivity contribution < 1.29 is 5.11 Å². The van der Waals surface area contributed by atoms with Crippen LogP contribution in [-0.2, 0) is 10.9 Å². The third kappa shape index (κ3) is 2.25. The summed E-state index contributed by atoms with van der Waals surface area (Å²) in [6.07, 6.45) is 1.78. The predicted molar refractivity (Wildman–Crippen MR) is 50.0 cm³/mol. The van der Waals surface area contributed by atoms with Crippen molar-refractivity contribution in [1.29, 1.82) is 0 Å². The van der Waals surface area contributed by atoms with E-state index >= 15 is 0 Å². The Labute approximate surface area is 78.4 Å². The van der Waals surface area contributed by atoms with Gasteiger partial charge in [0, 0.05) is 16.4 Å². The van der Waals surface area contributed by atoms with Gasteiger partial charge in [-0.25, -0.2) is 4.98 Å². The highest BCUT2D eigenvalue weighted by Gasteiger charge is 2.19. The Morgan fingerprint density at radius 1 is 1.73 bits per heavy atom. The smallest absolute Gasteiger partial charge is 0.124 e. The summed E-state index contributed by atoms with van der Waals surface area (Å²) in [5.41, 5.74) is -0.801. The molecule has 0 fully saturated rings. The first-order chi connectivity index (χ1) is 5.04. The Morgan fingerprint density at radius 2 is 2.36 bits per heavy atom. The summed E-state index contributed by atoms with van der Waals surface area (Å²) in [7, 11) is 0. The van der Waals surface area contributed by atoms with Gasteiger partial charge in [0.05, 0.1) is 0 Å². The number of aromatic nitrogens is 1. The minimum atomic E-state index is -0.801. The summed E-state index contributed by atoms with van der Waals surface area (Å²) < 4.78 is 0. The van der Waals surface area contributed by atoms with Crippen LogP contribution in [0.25, 0.3) is 0 Å². The van der Waals surface area contributed by atoms with Gasteiger partial charge in [-0.3, -0.25) is 0 Å². The Morgan fingerprint density at radius 3 is 2.64 bits per heavy atom. The van der Waals surface area contributed by atoms with Gasteiger partial charge in [0.25, 0.3) is 0 Å². The largest absolute Gasteiger partial charge is 0.383 e. The first-order valence-corrected chi connectivity index (χ1v) is 5.21. The zero-order valence-electron chi connectivity index (χ0n) is 6.47. The molecule has 0 radical (unpaired) electrons. The van der Waals surface area contributed by atoms with Crippen molar-refractivity contribution in [2.24, 2.45) is 0 Å². The normalized spacial score (nSPS) is 12.0. The molecule has 0 aliphatic rings. The van der Waals surface area contributed by atoms with Crippen molar-refractivity contribution in [3.8, 4) is 0 Å². The van der Waals surface area contributed by atoms with Crippen molar-refractivity contribution in [3.63, 3.8) is 0 Å². The van der Waals surface area contributed by atoms with Gasteiger partial charge < -0.3 is 5.11 Å². The molecule has 62 valence electrons. The summed E-state index contributed by atoms with van der Waals surface area (Å²) in [6, 6.07) is 0. The SMILES string of the molecule is CC(C)(O)c1ncc(CBr)s1. The summed E-state index contributed by atoms with van der Waals surface area (Å²) in [5.74, 6) is 0. The van der Waals surface area contributed by atoms with Crippen LogP contribution in [0.5, 0.6) is 0 Å². The number of nitrogens with zero attached hydrogens (tertiary/aromatic N) is 1. The van der Waals surface area contributed by atoms with Gasteiger partial charge in [0.1, 0.15) is 10.6 Å². The van der Waals surface area contributed by atoms with Gasteiger partial charge in [0.15, 0.2) is 0 Å². The molecule has 0 bridgehead atoms. The van der Waals surface area contributed by atoms with E-state index in [1.807, 2.05) is 0 Å². The lowest BCUT2D eigenvalue weighted by Crippen LogP contribution is -2.14. The summed E-state index contributed by atoms with van der Waals surface area (Å²) >= 11 is 4.86. The molecule has 4 heteroatoms. The summed E-state index contributed by atoms with van der Waals surface area (Å²) in [5, 5.41) is 11.1. The highest BCUT2D eigenvalue weighted by molar-refractivity contribution is 9.08. The number of thiazole rings is 1. The van der Waals surface area contributed by atoms with E-state index in [1.165, 1.54) is 11.3 Å². The molecule has 2 nitrogen and oxygen atoms in total. The average molecular weight is 236 g/mol. The molecular formula is C7H10BrNOS. The summed E-state index contributed by atoms with van der Waals surface area (Å²) in [4.78, 5) is 5.24. The van der Waals surface area contributed by atoms with Gasteiger partial charge in [-0.15, -0.1) is 11.3 Å². The first-order valence-electron chi connectivity index (χ1n) is 3.27. The van der Waals surface area contributed by atoms with E-state index < -0.39 is 5.60 Å². The fourth-order valence-electron chi connectivity index (χ4n) is 0.652. The second kappa shape index (κ2) is 3.21. The van der Waals surface area contributed by atoms with Crippen LogP contribution >= 0.6 is 27.3 Å². The molecule has 0 aromatic carbocycles. The van der Waals surface area contributed by atoms with Gasteiger partial charge in [-0.2, -0.15) is 0 Å². The fraction of sp³-hybridized carbons (Fsp3) is 0.571. The van der Waals surface area contributed by atoms with E-state index in [1.54, 1.807) is 20.0 Å². The van der Waals surface area contributed by atoms with Crippen LogP contribution in [0.2, 0.25) is 0 Å². The van der Waals surface area contributed by atoms with E-state index in [0.29, 0.717) is 0 Å². The number of aliphatic hydroxyl groups is 1. The van der Waals surface area contributed by atoms with Crippen LogP contribution < -0.4 is 0 Å². The van der Waals surface area contributed by atoms with Gasteiger partial charge in [-0.05, 0) is 13.8 Å². The van der Waals surface area contributed by atoms with Crippen molar-refractivity contribution in [1.82, 2.24) is 4.98 Å². The Hall–Kier alpha value is 0.0700. The molecule has 0 atom stereocenters. The topological polar surface area (TPSA) is 33.1 Å². The monoisotopic (exact) mass is 235 g/mol. The minimum absolute atomic E-state index is 0.770. The molecule has 1 aromatic rings. The Kier molecular flexibility index (Phi) is 2.67. The van der Waals surface area contributed by atoms with Crippen LogP contribution in [0.3, 0.4) is 0 Å². The molecule has 0 spiro atoms. The van der Waals surface area contributed by atoms with Crippen molar-refractivity contribution in [2.75, 3.05) is 0 Å². The third-order valence-corrected chi connectivity index (χ3v) is 3.49. The minimum Gasteiger partial charge on any atom is -0.383 e. The van der Waals surface area contributed by atoms with Crippen molar-refractivity contribution in [2.45, 2.75) is 24.8 Å². The van der Waals surface area contributed by atoms with E-state index in [-0.39, 0.29) is 0 Å². The van der Waals surface area contributed by atoms with Gasteiger partial charge in [0.2, 0.25) is 0 Å². The van der Waals surface area contributed by atoms with Gasteiger partial charge in [-0.1, -0.05) is 15.9 Å². The maximum absolute atomic E-state index is 9.53. The molecular weight excluding hydrogens is 226 g/mol. The second-order valence-electron chi connectivity index (χ2n) is 2.82. The van der Waals surface area contributed by atoms with Crippen LogP contribution in [0.1, 0.15) is 23.7 Å². The molecule has 0 unspecified atom stereocenters. The number of hydrogen-bond acceptors (Lipinski definition) is 3. The number of rotatable bonds is 2. The van der Waals surface area contributed by atoms with Gasteiger partial charge >= 0.3 is 0 Å². The maximum atomic E-state index is 9.53. The zero-order chi connectivity index (χ0) is 8.48. The molecule has 0 saturated heterocycles. The van der Waals surface area contributed by atoms with E-state index in [9.17, 15) is 5.11 Å². The highest BCUT2D eigenvalue weighted by Crippen LogP contribution is 2.25. The number of hydrogen-bond donors (Lipinski definition) is 1. The average Bonchev–Trinajstić information content (AvgIpc) is 2.32. The highest BCUT2D eigenvalue weighted by atomic mass is 79.9. The predicted octanol–water partition coefficient (Wildman–Crippen LogP) is 2.27. The Balaban J connectivity index is 2.89. The van der Waals surface area contributed by atoms with Crippen LogP contribution in [0.4, 0.5) is 0 Å². The molecule has 0 amide bonds. The fourth-order valence-corrected chi connectivity index (χ4v) is 1.90. The maximum Gasteiger partial charge on any atom is 0.124 e. The Bertz CT molecular complexity index is 241. The van der Waals surface area contributed by atoms with E-state index in [0.717, 1.165) is 15.2 Å². The van der Waals surface area contributed by atoms with Crippen LogP contribution in [0.15, 0.2) is 6.20 Å². The van der Waals surface area contributed by atoms with Crippen molar-refractivity contribution >= 4 is 27.3 Å². The second-order valence-corrected chi connectivity index (χ2v) is 4.50. The lowest BCUT2D eigenvalue weighted by Gasteiger charge is -2.12. The molecule has 1 aromatic heterocycles. The zero-order valence-corrected chi connectivity index (χ0v) is 8.87. The first kappa shape index (κ1) is 9.16. The molecule has 11 heavy (non-hydrogen) atoms. The van der Waals surface area contributed by atoms with Crippen LogP contribution in [0, 0.1) is 0 Å². The molecule has 0 saturated carbocycles. The lowest BCUT2D eigenvalue weighted by atomic mass is 10.2. The summed E-state index contributed by atoms with van der Waals surface area (Å²) in [6.45, 7) is 3.48. The quantitative estimate of drug-likeness (QED) is 0.799. The number of alkyl halides is 1. The standard InChI is InChI=1S/C7H10BrNOS/c1-7(2,10)6-9-4-5(3-8)11-6/h4,10H,3H2,1-2H3. The van der Waals surface area contributed by atoms with E-state index in [2.05, 4.69) is 20.9 Å². The number of halogens is 1. The van der Waals surface area contributed by atoms with E-state index in [4.69, 9.17) is 0 Å². The molecule has 1 rings (SSSR count). The molecule has 1 heterocycles. The molecule has 0 aliphatic heterocycles.